The number of aromatic nitrogens is 1. The molecular formula is C12H8F2N2O2. The van der Waals surface area contributed by atoms with Crippen molar-refractivity contribution in [3.8, 4) is 0 Å². The molecular weight excluding hydrogens is 242 g/mol. The summed E-state index contributed by atoms with van der Waals surface area (Å²) in [6.45, 7) is 0. The zero-order valence-electron chi connectivity index (χ0n) is 9.09. The molecule has 1 unspecified atom stereocenters. The first-order valence-electron chi connectivity index (χ1n) is 5.36. The van der Waals surface area contributed by atoms with E-state index in [-0.39, 0.29) is 12.3 Å². The lowest BCUT2D eigenvalue weighted by Crippen LogP contribution is -2.21. The summed E-state index contributed by atoms with van der Waals surface area (Å²) in [5.74, 6) is -3.35. The van der Waals surface area contributed by atoms with Crippen LogP contribution in [0.1, 0.15) is 17.9 Å². The van der Waals surface area contributed by atoms with E-state index in [1.807, 2.05) is 0 Å². The fourth-order valence-corrected chi connectivity index (χ4v) is 2.23. The molecule has 0 spiro atoms. The molecule has 3 rings (SSSR count). The fourth-order valence-electron chi connectivity index (χ4n) is 2.23. The standard InChI is InChI=1S/C12H8F2N2O2/c13-8-1-5-7(4-15-10(5)3-9(8)14)6-2-11(17)16-12(6)18/h1,3-4,6,15H,2H2,(H,16,17,18). The fraction of sp³-hybridized carbons (Fsp3) is 0.167. The van der Waals surface area contributed by atoms with E-state index in [9.17, 15) is 18.4 Å². The van der Waals surface area contributed by atoms with Gasteiger partial charge in [0.05, 0.1) is 5.92 Å². The van der Waals surface area contributed by atoms with Crippen LogP contribution < -0.4 is 5.32 Å². The van der Waals surface area contributed by atoms with Gasteiger partial charge < -0.3 is 4.98 Å². The maximum atomic E-state index is 13.2. The number of amides is 2. The summed E-state index contributed by atoms with van der Waals surface area (Å²) in [6, 6.07) is 2.06. The second-order valence-corrected chi connectivity index (χ2v) is 4.23. The summed E-state index contributed by atoms with van der Waals surface area (Å²) in [6.07, 6.45) is 1.54. The van der Waals surface area contributed by atoms with Gasteiger partial charge in [-0.05, 0) is 11.6 Å². The molecule has 2 amide bonds. The van der Waals surface area contributed by atoms with Crippen LogP contribution in [0.15, 0.2) is 18.3 Å². The van der Waals surface area contributed by atoms with Gasteiger partial charge >= 0.3 is 0 Å². The molecule has 1 aliphatic rings. The Hall–Kier alpha value is -2.24. The minimum Gasteiger partial charge on any atom is -0.361 e. The van der Waals surface area contributed by atoms with Gasteiger partial charge in [-0.15, -0.1) is 0 Å². The van der Waals surface area contributed by atoms with Crippen LogP contribution in [0.25, 0.3) is 10.9 Å². The molecule has 6 heteroatoms. The number of carbonyl (C=O) groups is 2. The monoisotopic (exact) mass is 250 g/mol. The second kappa shape index (κ2) is 3.63. The quantitative estimate of drug-likeness (QED) is 0.755. The van der Waals surface area contributed by atoms with E-state index in [1.165, 1.54) is 6.20 Å². The van der Waals surface area contributed by atoms with Gasteiger partial charge in [0, 0.05) is 29.6 Å². The van der Waals surface area contributed by atoms with Crippen molar-refractivity contribution in [2.24, 2.45) is 0 Å². The average molecular weight is 250 g/mol. The summed E-state index contributed by atoms with van der Waals surface area (Å²) in [7, 11) is 0. The van der Waals surface area contributed by atoms with Crippen molar-refractivity contribution < 1.29 is 18.4 Å². The number of H-pyrrole nitrogens is 1. The van der Waals surface area contributed by atoms with Crippen LogP contribution in [0, 0.1) is 11.6 Å². The normalized spacial score (nSPS) is 19.6. The molecule has 2 aromatic rings. The summed E-state index contributed by atoms with van der Waals surface area (Å²) >= 11 is 0. The number of halogens is 2. The van der Waals surface area contributed by atoms with Crippen molar-refractivity contribution in [3.63, 3.8) is 0 Å². The van der Waals surface area contributed by atoms with Crippen molar-refractivity contribution in [1.82, 2.24) is 10.3 Å². The lowest BCUT2D eigenvalue weighted by molar-refractivity contribution is -0.125. The zero-order chi connectivity index (χ0) is 12.9. The van der Waals surface area contributed by atoms with Gasteiger partial charge in [-0.25, -0.2) is 8.78 Å². The smallest absolute Gasteiger partial charge is 0.234 e. The molecule has 0 saturated carbocycles. The summed E-state index contributed by atoms with van der Waals surface area (Å²) in [5, 5.41) is 2.61. The van der Waals surface area contributed by atoms with Gasteiger partial charge in [-0.3, -0.25) is 14.9 Å². The third-order valence-electron chi connectivity index (χ3n) is 3.10. The van der Waals surface area contributed by atoms with Crippen LogP contribution >= 0.6 is 0 Å². The average Bonchev–Trinajstić information content (AvgIpc) is 2.83. The first kappa shape index (κ1) is 10.9. The van der Waals surface area contributed by atoms with Crippen LogP contribution in [0.3, 0.4) is 0 Å². The number of rotatable bonds is 1. The van der Waals surface area contributed by atoms with Crippen LogP contribution in [0.4, 0.5) is 8.78 Å². The highest BCUT2D eigenvalue weighted by Gasteiger charge is 2.33. The molecule has 0 bridgehead atoms. The molecule has 1 fully saturated rings. The Bertz CT molecular complexity index is 678. The van der Waals surface area contributed by atoms with E-state index >= 15 is 0 Å². The number of fused-ring (bicyclic) bond motifs is 1. The van der Waals surface area contributed by atoms with Crippen molar-refractivity contribution in [2.45, 2.75) is 12.3 Å². The molecule has 4 nitrogen and oxygen atoms in total. The second-order valence-electron chi connectivity index (χ2n) is 4.23. The van der Waals surface area contributed by atoms with E-state index in [4.69, 9.17) is 0 Å². The minimum atomic E-state index is -0.979. The summed E-state index contributed by atoms with van der Waals surface area (Å²) in [4.78, 5) is 25.5. The van der Waals surface area contributed by atoms with E-state index in [2.05, 4.69) is 10.3 Å². The van der Waals surface area contributed by atoms with Crippen molar-refractivity contribution >= 4 is 22.7 Å². The van der Waals surface area contributed by atoms with Crippen molar-refractivity contribution in [3.05, 3.63) is 35.5 Å². The van der Waals surface area contributed by atoms with E-state index in [0.717, 1.165) is 12.1 Å². The summed E-state index contributed by atoms with van der Waals surface area (Å²) in [5.41, 5.74) is 0.906. The highest BCUT2D eigenvalue weighted by Crippen LogP contribution is 2.31. The maximum Gasteiger partial charge on any atom is 0.234 e. The number of carbonyl (C=O) groups excluding carboxylic acids is 2. The largest absolute Gasteiger partial charge is 0.361 e. The van der Waals surface area contributed by atoms with Gasteiger partial charge in [0.2, 0.25) is 11.8 Å². The van der Waals surface area contributed by atoms with Gasteiger partial charge in [0.15, 0.2) is 11.6 Å². The number of imide groups is 1. The van der Waals surface area contributed by atoms with Gasteiger partial charge in [0.25, 0.3) is 0 Å². The molecule has 1 saturated heterocycles. The molecule has 92 valence electrons. The minimum absolute atomic E-state index is 0.0325. The number of benzene rings is 1. The summed E-state index contributed by atoms with van der Waals surface area (Å²) < 4.78 is 26.3. The Balaban J connectivity index is 2.16. The van der Waals surface area contributed by atoms with Gasteiger partial charge in [0.1, 0.15) is 0 Å². The van der Waals surface area contributed by atoms with Crippen LogP contribution in [-0.2, 0) is 9.59 Å². The zero-order valence-corrected chi connectivity index (χ0v) is 9.09. The molecule has 1 aliphatic heterocycles. The number of hydrogen-bond donors (Lipinski definition) is 2. The van der Waals surface area contributed by atoms with Crippen molar-refractivity contribution in [1.29, 1.82) is 0 Å². The number of hydrogen-bond acceptors (Lipinski definition) is 2. The molecule has 0 aliphatic carbocycles. The molecule has 1 atom stereocenters. The van der Waals surface area contributed by atoms with E-state index in [0.29, 0.717) is 16.5 Å². The molecule has 2 heterocycles. The first-order chi connectivity index (χ1) is 8.56. The predicted octanol–water partition coefficient (Wildman–Crippen LogP) is 1.58. The van der Waals surface area contributed by atoms with Crippen LogP contribution in [0.2, 0.25) is 0 Å². The molecule has 1 aromatic heterocycles. The SMILES string of the molecule is O=C1CC(c2c[nH]c3cc(F)c(F)cc23)C(=O)N1. The molecule has 18 heavy (non-hydrogen) atoms. The molecule has 2 N–H and O–H groups in total. The third-order valence-corrected chi connectivity index (χ3v) is 3.10. The lowest BCUT2D eigenvalue weighted by Gasteiger charge is -2.04. The predicted molar refractivity (Wildman–Crippen MR) is 58.7 cm³/mol. The maximum absolute atomic E-state index is 13.2. The van der Waals surface area contributed by atoms with Gasteiger partial charge in [-0.1, -0.05) is 0 Å². The molecule has 0 radical (unpaired) electrons. The number of aromatic amines is 1. The first-order valence-corrected chi connectivity index (χ1v) is 5.36. The number of nitrogens with one attached hydrogen (secondary N) is 2. The Kier molecular flexibility index (Phi) is 2.19. The highest BCUT2D eigenvalue weighted by molar-refractivity contribution is 6.07. The van der Waals surface area contributed by atoms with Crippen molar-refractivity contribution in [2.75, 3.05) is 0 Å². The highest BCUT2D eigenvalue weighted by atomic mass is 19.2. The van der Waals surface area contributed by atoms with E-state index in [1.54, 1.807) is 0 Å². The Morgan fingerprint density at radius 1 is 1.17 bits per heavy atom. The Morgan fingerprint density at radius 2 is 1.89 bits per heavy atom. The molecule has 1 aromatic carbocycles. The topological polar surface area (TPSA) is 62.0 Å². The third kappa shape index (κ3) is 1.49. The van der Waals surface area contributed by atoms with Crippen LogP contribution in [0.5, 0.6) is 0 Å². The van der Waals surface area contributed by atoms with Crippen LogP contribution in [-0.4, -0.2) is 16.8 Å². The lowest BCUT2D eigenvalue weighted by atomic mass is 9.97. The Labute approximate surface area is 100.0 Å². The van der Waals surface area contributed by atoms with Gasteiger partial charge in [-0.2, -0.15) is 0 Å². The van der Waals surface area contributed by atoms with E-state index < -0.39 is 23.5 Å². The Morgan fingerprint density at radius 3 is 2.56 bits per heavy atom.